The first-order valence-corrected chi connectivity index (χ1v) is 11.0. The number of fused-ring (bicyclic) bond motifs is 3. The Bertz CT molecular complexity index is 1550. The molecule has 9 nitrogen and oxygen atoms in total. The van der Waals surface area contributed by atoms with E-state index in [0.717, 1.165) is 0 Å². The molecule has 0 aliphatic carbocycles. The van der Waals surface area contributed by atoms with Gasteiger partial charge in [-0.25, -0.2) is 0 Å². The number of methoxy groups -OCH3 is 3. The van der Waals surface area contributed by atoms with E-state index in [9.17, 15) is 19.8 Å². The number of benzene rings is 3. The van der Waals surface area contributed by atoms with Gasteiger partial charge in [0.15, 0.2) is 28.4 Å². The Hall–Kier alpha value is -4.66. The summed E-state index contributed by atoms with van der Waals surface area (Å²) in [4.78, 5) is 25.8. The van der Waals surface area contributed by atoms with Crippen molar-refractivity contribution >= 4 is 16.9 Å². The lowest BCUT2D eigenvalue weighted by atomic mass is 9.84. The number of carbonyl (C=O) groups excluding carboxylic acids is 1. The maximum absolute atomic E-state index is 13.1. The number of phenolic OH excluding ortho intramolecular Hbond substituents is 2. The van der Waals surface area contributed by atoms with E-state index in [-0.39, 0.29) is 34.5 Å². The zero-order valence-corrected chi connectivity index (χ0v) is 19.7. The quantitative estimate of drug-likeness (QED) is 0.239. The molecule has 2 heterocycles. The van der Waals surface area contributed by atoms with Crippen LogP contribution in [-0.2, 0) is 4.79 Å². The summed E-state index contributed by atoms with van der Waals surface area (Å²) < 4.78 is 27.9. The number of carbonyl (C=O) groups is 1. The Morgan fingerprint density at radius 3 is 2.19 bits per heavy atom. The van der Waals surface area contributed by atoms with Gasteiger partial charge in [-0.15, -0.1) is 0 Å². The second kappa shape index (κ2) is 8.84. The first-order chi connectivity index (χ1) is 17.4. The SMILES string of the molecule is COc1cc(OC)c([C@H]2CC(=O)Oc3c(O)c(O)c4c(=O)cc(-c5ccccc5)oc4c32)cc1OC. The molecule has 3 aromatic carbocycles. The van der Waals surface area contributed by atoms with Gasteiger partial charge in [-0.2, -0.15) is 0 Å². The minimum atomic E-state index is -0.779. The number of hydrogen-bond acceptors (Lipinski definition) is 9. The third kappa shape index (κ3) is 3.56. The van der Waals surface area contributed by atoms with Gasteiger partial charge >= 0.3 is 5.97 Å². The molecule has 1 aliphatic heterocycles. The van der Waals surface area contributed by atoms with E-state index in [1.807, 2.05) is 6.07 Å². The van der Waals surface area contributed by atoms with Crippen molar-refractivity contribution < 1.29 is 38.4 Å². The van der Waals surface area contributed by atoms with Crippen LogP contribution in [0.3, 0.4) is 0 Å². The van der Waals surface area contributed by atoms with Crippen molar-refractivity contribution in [2.24, 2.45) is 0 Å². The zero-order chi connectivity index (χ0) is 25.6. The molecule has 2 N–H and O–H groups in total. The molecule has 36 heavy (non-hydrogen) atoms. The molecule has 0 saturated heterocycles. The molecule has 5 rings (SSSR count). The second-order valence-electron chi connectivity index (χ2n) is 8.16. The Balaban J connectivity index is 1.87. The predicted molar refractivity (Wildman–Crippen MR) is 129 cm³/mol. The maximum atomic E-state index is 13.1. The summed E-state index contributed by atoms with van der Waals surface area (Å²) in [5.74, 6) is -1.76. The smallest absolute Gasteiger partial charge is 0.312 e. The van der Waals surface area contributed by atoms with Gasteiger partial charge in [0.05, 0.1) is 33.3 Å². The van der Waals surface area contributed by atoms with Crippen LogP contribution in [0.4, 0.5) is 0 Å². The molecule has 0 radical (unpaired) electrons. The van der Waals surface area contributed by atoms with Crippen LogP contribution in [0.5, 0.6) is 34.5 Å². The lowest BCUT2D eigenvalue weighted by Gasteiger charge is -2.28. The van der Waals surface area contributed by atoms with E-state index < -0.39 is 28.8 Å². The summed E-state index contributed by atoms with van der Waals surface area (Å²) in [5.41, 5.74) is 0.778. The first-order valence-electron chi connectivity index (χ1n) is 11.0. The molecular weight excluding hydrogens is 468 g/mol. The summed E-state index contributed by atoms with van der Waals surface area (Å²) in [6.45, 7) is 0. The zero-order valence-electron chi connectivity index (χ0n) is 19.7. The van der Waals surface area contributed by atoms with Crippen molar-refractivity contribution in [3.05, 3.63) is 69.9 Å². The highest BCUT2D eigenvalue weighted by Gasteiger charge is 2.38. The Morgan fingerprint density at radius 1 is 0.861 bits per heavy atom. The van der Waals surface area contributed by atoms with E-state index in [1.54, 1.807) is 36.4 Å². The molecule has 1 atom stereocenters. The van der Waals surface area contributed by atoms with Gasteiger partial charge in [-0.3, -0.25) is 9.59 Å². The molecule has 184 valence electrons. The molecule has 1 aromatic heterocycles. The summed E-state index contributed by atoms with van der Waals surface area (Å²) in [6, 6.07) is 13.5. The van der Waals surface area contributed by atoms with E-state index in [4.69, 9.17) is 23.4 Å². The van der Waals surface area contributed by atoms with Crippen molar-refractivity contribution in [3.8, 4) is 45.8 Å². The Kier molecular flexibility index (Phi) is 5.68. The van der Waals surface area contributed by atoms with Gasteiger partial charge in [0, 0.05) is 29.2 Å². The molecule has 9 heteroatoms. The number of aromatic hydroxyl groups is 2. The number of hydrogen-bond donors (Lipinski definition) is 2. The minimum absolute atomic E-state index is 0.0130. The van der Waals surface area contributed by atoms with Crippen molar-refractivity contribution in [1.29, 1.82) is 0 Å². The average Bonchev–Trinajstić information content (AvgIpc) is 2.90. The molecule has 1 aliphatic rings. The lowest BCUT2D eigenvalue weighted by Crippen LogP contribution is -2.22. The van der Waals surface area contributed by atoms with Crippen LogP contribution in [0.2, 0.25) is 0 Å². The highest BCUT2D eigenvalue weighted by molar-refractivity contribution is 5.96. The summed E-state index contributed by atoms with van der Waals surface area (Å²) in [7, 11) is 4.42. The van der Waals surface area contributed by atoms with Gasteiger partial charge in [0.25, 0.3) is 0 Å². The van der Waals surface area contributed by atoms with Crippen LogP contribution in [0.1, 0.15) is 23.5 Å². The van der Waals surface area contributed by atoms with Gasteiger partial charge < -0.3 is 33.6 Å². The Morgan fingerprint density at radius 2 is 1.53 bits per heavy atom. The highest BCUT2D eigenvalue weighted by atomic mass is 16.5. The summed E-state index contributed by atoms with van der Waals surface area (Å²) in [6.07, 6.45) is -0.155. The number of ether oxygens (including phenoxy) is 4. The van der Waals surface area contributed by atoms with Crippen molar-refractivity contribution in [2.75, 3.05) is 21.3 Å². The first kappa shape index (κ1) is 23.1. The standard InChI is InChI=1S/C27H22O9/c1-32-18-12-20(34-3)19(33-2)9-14(18)15-10-21(29)36-27-22(15)26-23(24(30)25(27)31)16(28)11-17(35-26)13-7-5-4-6-8-13/h4-9,11-12,15,30-31H,10H2,1-3H3/t15-/m1/s1. The largest absolute Gasteiger partial charge is 0.504 e. The van der Waals surface area contributed by atoms with E-state index in [1.165, 1.54) is 27.4 Å². The molecular formula is C27H22O9. The number of esters is 1. The average molecular weight is 490 g/mol. The van der Waals surface area contributed by atoms with E-state index >= 15 is 0 Å². The molecule has 0 bridgehead atoms. The minimum Gasteiger partial charge on any atom is -0.504 e. The van der Waals surface area contributed by atoms with E-state index in [0.29, 0.717) is 28.4 Å². The van der Waals surface area contributed by atoms with Gasteiger partial charge in [-0.05, 0) is 6.07 Å². The van der Waals surface area contributed by atoms with Crippen LogP contribution < -0.4 is 24.4 Å². The van der Waals surface area contributed by atoms with Gasteiger partial charge in [0.1, 0.15) is 22.5 Å². The van der Waals surface area contributed by atoms with E-state index in [2.05, 4.69) is 0 Å². The molecule has 0 spiro atoms. The summed E-state index contributed by atoms with van der Waals surface area (Å²) in [5, 5.41) is 21.2. The molecule has 0 amide bonds. The maximum Gasteiger partial charge on any atom is 0.312 e. The van der Waals surface area contributed by atoms with Crippen LogP contribution in [-0.4, -0.2) is 37.5 Å². The fourth-order valence-corrected chi connectivity index (χ4v) is 4.54. The fraction of sp³-hybridized carbons (Fsp3) is 0.185. The third-order valence-electron chi connectivity index (χ3n) is 6.22. The van der Waals surface area contributed by atoms with Crippen molar-refractivity contribution in [2.45, 2.75) is 12.3 Å². The Labute approximate surface area is 205 Å². The van der Waals surface area contributed by atoms with Crippen LogP contribution in [0.25, 0.3) is 22.3 Å². The molecule has 4 aromatic rings. The second-order valence-corrected chi connectivity index (χ2v) is 8.16. The van der Waals surface area contributed by atoms with Crippen LogP contribution in [0.15, 0.2) is 57.7 Å². The lowest BCUT2D eigenvalue weighted by molar-refractivity contribution is -0.135. The fourth-order valence-electron chi connectivity index (χ4n) is 4.54. The third-order valence-corrected chi connectivity index (χ3v) is 6.22. The summed E-state index contributed by atoms with van der Waals surface area (Å²) >= 11 is 0. The molecule has 0 fully saturated rings. The van der Waals surface area contributed by atoms with Crippen LogP contribution >= 0.6 is 0 Å². The van der Waals surface area contributed by atoms with Crippen molar-refractivity contribution in [3.63, 3.8) is 0 Å². The normalized spacial score (nSPS) is 14.8. The molecule has 0 saturated carbocycles. The number of rotatable bonds is 5. The van der Waals surface area contributed by atoms with Gasteiger partial charge in [-0.1, -0.05) is 30.3 Å². The monoisotopic (exact) mass is 490 g/mol. The van der Waals surface area contributed by atoms with Gasteiger partial charge in [0.2, 0.25) is 5.75 Å². The van der Waals surface area contributed by atoms with Crippen LogP contribution in [0, 0.1) is 0 Å². The highest BCUT2D eigenvalue weighted by Crippen LogP contribution is 2.54. The predicted octanol–water partition coefficient (Wildman–Crippen LogP) is 4.34. The molecule has 0 unspecified atom stereocenters. The van der Waals surface area contributed by atoms with Crippen molar-refractivity contribution in [1.82, 2.24) is 0 Å². The number of phenols is 2. The topological polar surface area (TPSA) is 125 Å².